The second kappa shape index (κ2) is 8.98. The highest BCUT2D eigenvalue weighted by molar-refractivity contribution is 5.94. The molecule has 1 N–H and O–H groups in total. The van der Waals surface area contributed by atoms with Crippen LogP contribution >= 0.6 is 0 Å². The molecule has 0 spiro atoms. The van der Waals surface area contributed by atoms with Crippen molar-refractivity contribution in [2.75, 3.05) is 14.2 Å². The van der Waals surface area contributed by atoms with Crippen molar-refractivity contribution in [1.29, 1.82) is 0 Å². The third-order valence-corrected chi connectivity index (χ3v) is 3.42. The molecule has 0 saturated carbocycles. The van der Waals surface area contributed by atoms with Crippen LogP contribution in [0, 0.1) is 0 Å². The Morgan fingerprint density at radius 1 is 1.04 bits per heavy atom. The van der Waals surface area contributed by atoms with Gasteiger partial charge in [-0.1, -0.05) is 18.2 Å². The lowest BCUT2D eigenvalue weighted by Crippen LogP contribution is -2.22. The van der Waals surface area contributed by atoms with Crippen molar-refractivity contribution in [3.8, 4) is 11.5 Å². The first-order chi connectivity index (χ1) is 12.0. The molecule has 2 rings (SSSR count). The van der Waals surface area contributed by atoms with Gasteiger partial charge in [-0.05, 0) is 35.4 Å². The average molecular weight is 351 g/mol. The second-order valence-corrected chi connectivity index (χ2v) is 5.18. The summed E-state index contributed by atoms with van der Waals surface area (Å²) in [4.78, 5) is 12.2. The number of halogens is 2. The monoisotopic (exact) mass is 351 g/mol. The molecule has 0 aliphatic heterocycles. The molecule has 2 aromatic carbocycles. The number of benzene rings is 2. The zero-order valence-electron chi connectivity index (χ0n) is 13.9. The van der Waals surface area contributed by atoms with Gasteiger partial charge in [0.15, 0.2) is 11.5 Å². The van der Waals surface area contributed by atoms with Gasteiger partial charge in [0.2, 0.25) is 0 Å². The van der Waals surface area contributed by atoms with Crippen molar-refractivity contribution in [3.05, 3.63) is 59.2 Å². The normalized spacial score (nSPS) is 10.6. The summed E-state index contributed by atoms with van der Waals surface area (Å²) in [5, 5.41) is 2.76. The summed E-state index contributed by atoms with van der Waals surface area (Å²) in [5.41, 5.74) is 2.19. The predicted molar refractivity (Wildman–Crippen MR) is 88.0 cm³/mol. The quantitative estimate of drug-likeness (QED) is 0.792. The molecule has 2 aromatic rings. The van der Waals surface area contributed by atoms with Crippen molar-refractivity contribution in [3.63, 3.8) is 0 Å². The summed E-state index contributed by atoms with van der Waals surface area (Å²) < 4.78 is 39.0. The number of amides is 1. The summed E-state index contributed by atoms with van der Waals surface area (Å²) in [6.07, 6.45) is 0. The Morgan fingerprint density at radius 2 is 1.72 bits per heavy atom. The SMILES string of the molecule is COCc1ccc(C(=O)NCc2ccc(OC(F)F)c(OC)c2)cc1. The molecular weight excluding hydrogens is 332 g/mol. The topological polar surface area (TPSA) is 56.8 Å². The van der Waals surface area contributed by atoms with Crippen LogP contribution in [-0.4, -0.2) is 26.7 Å². The third-order valence-electron chi connectivity index (χ3n) is 3.42. The maximum absolute atomic E-state index is 12.3. The van der Waals surface area contributed by atoms with Crippen LogP contribution in [0.2, 0.25) is 0 Å². The Kier molecular flexibility index (Phi) is 6.71. The van der Waals surface area contributed by atoms with Gasteiger partial charge in [-0.3, -0.25) is 4.79 Å². The molecule has 5 nitrogen and oxygen atoms in total. The van der Waals surface area contributed by atoms with E-state index >= 15 is 0 Å². The van der Waals surface area contributed by atoms with Gasteiger partial charge in [-0.2, -0.15) is 8.78 Å². The van der Waals surface area contributed by atoms with Crippen LogP contribution in [0.1, 0.15) is 21.5 Å². The molecule has 25 heavy (non-hydrogen) atoms. The van der Waals surface area contributed by atoms with Gasteiger partial charge >= 0.3 is 6.61 Å². The fourth-order valence-electron chi connectivity index (χ4n) is 2.22. The Balaban J connectivity index is 1.99. The van der Waals surface area contributed by atoms with Crippen LogP contribution in [0.5, 0.6) is 11.5 Å². The smallest absolute Gasteiger partial charge is 0.387 e. The van der Waals surface area contributed by atoms with Crippen molar-refractivity contribution < 1.29 is 27.8 Å². The molecule has 0 heterocycles. The van der Waals surface area contributed by atoms with Gasteiger partial charge in [-0.15, -0.1) is 0 Å². The fourth-order valence-corrected chi connectivity index (χ4v) is 2.22. The third kappa shape index (κ3) is 5.42. The minimum atomic E-state index is -2.93. The second-order valence-electron chi connectivity index (χ2n) is 5.18. The van der Waals surface area contributed by atoms with E-state index in [1.807, 2.05) is 12.1 Å². The maximum Gasteiger partial charge on any atom is 0.387 e. The van der Waals surface area contributed by atoms with E-state index in [0.29, 0.717) is 17.7 Å². The molecule has 7 heteroatoms. The number of rotatable bonds is 8. The van der Waals surface area contributed by atoms with E-state index in [1.54, 1.807) is 31.4 Å². The Morgan fingerprint density at radius 3 is 2.32 bits per heavy atom. The van der Waals surface area contributed by atoms with Crippen LogP contribution < -0.4 is 14.8 Å². The van der Waals surface area contributed by atoms with Crippen molar-refractivity contribution in [2.45, 2.75) is 19.8 Å². The molecule has 0 aliphatic rings. The lowest BCUT2D eigenvalue weighted by Gasteiger charge is -2.12. The highest BCUT2D eigenvalue weighted by atomic mass is 19.3. The summed E-state index contributed by atoms with van der Waals surface area (Å²) >= 11 is 0. The molecule has 0 aromatic heterocycles. The summed E-state index contributed by atoms with van der Waals surface area (Å²) in [5.74, 6) is -0.117. The molecule has 0 saturated heterocycles. The van der Waals surface area contributed by atoms with Crippen LogP contribution in [0.3, 0.4) is 0 Å². The molecule has 0 fully saturated rings. The molecule has 0 aliphatic carbocycles. The standard InChI is InChI=1S/C18H19F2NO4/c1-23-11-12-3-6-14(7-4-12)17(22)21-10-13-5-8-15(25-18(19)20)16(9-13)24-2/h3-9,18H,10-11H2,1-2H3,(H,21,22). The number of hydrogen-bond donors (Lipinski definition) is 1. The van der Waals surface area contributed by atoms with Crippen molar-refractivity contribution >= 4 is 5.91 Å². The highest BCUT2D eigenvalue weighted by Gasteiger charge is 2.12. The molecule has 0 unspecified atom stereocenters. The number of nitrogens with one attached hydrogen (secondary N) is 1. The molecule has 1 amide bonds. The molecule has 0 radical (unpaired) electrons. The first-order valence-corrected chi connectivity index (χ1v) is 7.51. The Labute approximate surface area is 144 Å². The number of carbonyl (C=O) groups is 1. The summed E-state index contributed by atoms with van der Waals surface area (Å²) in [6.45, 7) is -2.22. The van der Waals surface area contributed by atoms with Crippen LogP contribution in [-0.2, 0) is 17.9 Å². The summed E-state index contributed by atoms with van der Waals surface area (Å²) in [6, 6.07) is 11.6. The van der Waals surface area contributed by atoms with Gasteiger partial charge in [0, 0.05) is 19.2 Å². The average Bonchev–Trinajstić information content (AvgIpc) is 2.61. The van der Waals surface area contributed by atoms with Crippen LogP contribution in [0.4, 0.5) is 8.78 Å². The lowest BCUT2D eigenvalue weighted by atomic mass is 10.1. The number of alkyl halides is 2. The Hall–Kier alpha value is -2.67. The molecular formula is C18H19F2NO4. The van der Waals surface area contributed by atoms with E-state index in [9.17, 15) is 13.6 Å². The van der Waals surface area contributed by atoms with Gasteiger partial charge < -0.3 is 19.5 Å². The van der Waals surface area contributed by atoms with Gasteiger partial charge in [-0.25, -0.2) is 0 Å². The zero-order valence-corrected chi connectivity index (χ0v) is 13.9. The fraction of sp³-hybridized carbons (Fsp3) is 0.278. The van der Waals surface area contributed by atoms with E-state index in [4.69, 9.17) is 9.47 Å². The minimum absolute atomic E-state index is 0.0543. The largest absolute Gasteiger partial charge is 0.493 e. The predicted octanol–water partition coefficient (Wildman–Crippen LogP) is 3.37. The van der Waals surface area contributed by atoms with E-state index in [-0.39, 0.29) is 24.0 Å². The van der Waals surface area contributed by atoms with Crippen molar-refractivity contribution in [2.24, 2.45) is 0 Å². The van der Waals surface area contributed by atoms with Crippen molar-refractivity contribution in [1.82, 2.24) is 5.32 Å². The van der Waals surface area contributed by atoms with Gasteiger partial charge in [0.1, 0.15) is 0 Å². The molecule has 0 atom stereocenters. The number of carbonyl (C=O) groups excluding carboxylic acids is 1. The first kappa shape index (κ1) is 18.7. The number of ether oxygens (including phenoxy) is 3. The molecule has 0 bridgehead atoms. The summed E-state index contributed by atoms with van der Waals surface area (Å²) in [7, 11) is 2.96. The minimum Gasteiger partial charge on any atom is -0.493 e. The highest BCUT2D eigenvalue weighted by Crippen LogP contribution is 2.29. The van der Waals surface area contributed by atoms with Crippen LogP contribution in [0.15, 0.2) is 42.5 Å². The lowest BCUT2D eigenvalue weighted by molar-refractivity contribution is -0.0512. The van der Waals surface area contributed by atoms with Gasteiger partial charge in [0.05, 0.1) is 13.7 Å². The molecule has 134 valence electrons. The van der Waals surface area contributed by atoms with Gasteiger partial charge in [0.25, 0.3) is 5.91 Å². The number of methoxy groups -OCH3 is 2. The zero-order chi connectivity index (χ0) is 18.2. The van der Waals surface area contributed by atoms with E-state index < -0.39 is 6.61 Å². The van der Waals surface area contributed by atoms with E-state index in [0.717, 1.165) is 5.56 Å². The maximum atomic E-state index is 12.3. The van der Waals surface area contributed by atoms with E-state index in [1.165, 1.54) is 13.2 Å². The number of hydrogen-bond acceptors (Lipinski definition) is 4. The first-order valence-electron chi connectivity index (χ1n) is 7.51. The van der Waals surface area contributed by atoms with E-state index in [2.05, 4.69) is 10.1 Å². The Bertz CT molecular complexity index is 705. The van der Waals surface area contributed by atoms with Crippen LogP contribution in [0.25, 0.3) is 0 Å².